The number of carbonyl (C=O) groups is 1. The largest absolute Gasteiger partial charge is 0.480 e. The molecule has 0 rings (SSSR count). The number of rotatable bonds is 6. The molecular weight excluding hydrogens is 206 g/mol. The van der Waals surface area contributed by atoms with Crippen molar-refractivity contribution in [1.82, 2.24) is 10.7 Å². The van der Waals surface area contributed by atoms with Crippen LogP contribution in [0.4, 0.5) is 0 Å². The molecular formula is C6H13N5O4. The molecule has 0 spiro atoms. The Balaban J connectivity index is 4.10. The van der Waals surface area contributed by atoms with Crippen molar-refractivity contribution in [3.8, 4) is 0 Å². The number of guanidine groups is 1. The lowest BCUT2D eigenvalue weighted by Gasteiger charge is -2.13. The second-order valence-corrected chi connectivity index (χ2v) is 2.71. The number of carboxylic acid groups (broad SMARTS) is 1. The van der Waals surface area contributed by atoms with Gasteiger partial charge in [0.2, 0.25) is 0 Å². The Hall–Kier alpha value is -1.90. The van der Waals surface area contributed by atoms with Crippen LogP contribution in [0.2, 0.25) is 0 Å². The lowest BCUT2D eigenvalue weighted by Crippen LogP contribution is -2.48. The zero-order valence-corrected chi connectivity index (χ0v) is 7.90. The minimum absolute atomic E-state index is 0.202. The summed E-state index contributed by atoms with van der Waals surface area (Å²) < 4.78 is 0. The average molecular weight is 219 g/mol. The van der Waals surface area contributed by atoms with Crippen LogP contribution < -0.4 is 16.5 Å². The number of hydrogen-bond donors (Lipinski definition) is 5. The fourth-order valence-electron chi connectivity index (χ4n) is 0.877. The van der Waals surface area contributed by atoms with Gasteiger partial charge >= 0.3 is 5.97 Å². The van der Waals surface area contributed by atoms with Gasteiger partial charge in [0.15, 0.2) is 5.03 Å². The summed E-state index contributed by atoms with van der Waals surface area (Å²) in [5, 5.41) is 26.8. The first kappa shape index (κ1) is 13.1. The van der Waals surface area contributed by atoms with Gasteiger partial charge in [-0.2, -0.15) is 0 Å². The van der Waals surface area contributed by atoms with Gasteiger partial charge in [0.25, 0.3) is 5.96 Å². The molecule has 0 bridgehead atoms. The summed E-state index contributed by atoms with van der Waals surface area (Å²) >= 11 is 0. The molecule has 86 valence electrons. The van der Waals surface area contributed by atoms with Crippen molar-refractivity contribution in [2.24, 2.45) is 5.73 Å². The Morgan fingerprint density at radius 1 is 1.67 bits per heavy atom. The van der Waals surface area contributed by atoms with E-state index in [0.717, 1.165) is 0 Å². The average Bonchev–Trinajstić information content (AvgIpc) is 2.10. The van der Waals surface area contributed by atoms with Crippen LogP contribution >= 0.6 is 0 Å². The van der Waals surface area contributed by atoms with Gasteiger partial charge in [0.1, 0.15) is 6.04 Å². The van der Waals surface area contributed by atoms with E-state index in [0.29, 0.717) is 13.0 Å². The van der Waals surface area contributed by atoms with E-state index in [-0.39, 0.29) is 6.42 Å². The van der Waals surface area contributed by atoms with E-state index in [1.807, 2.05) is 0 Å². The highest BCUT2D eigenvalue weighted by molar-refractivity contribution is 5.83. The Morgan fingerprint density at radius 2 is 2.27 bits per heavy atom. The topological polar surface area (TPSA) is 154 Å². The molecule has 0 aromatic carbocycles. The third-order valence-electron chi connectivity index (χ3n) is 1.52. The molecule has 1 atom stereocenters. The van der Waals surface area contributed by atoms with Crippen LogP contribution in [0.3, 0.4) is 0 Å². The first-order valence-corrected chi connectivity index (χ1v) is 4.16. The molecule has 9 heteroatoms. The molecule has 0 aromatic rings. The number of nitrogens with one attached hydrogen (secondary N) is 3. The van der Waals surface area contributed by atoms with Crippen molar-refractivity contribution in [3.63, 3.8) is 0 Å². The predicted octanol–water partition coefficient (Wildman–Crippen LogP) is -1.52. The van der Waals surface area contributed by atoms with Crippen molar-refractivity contribution in [3.05, 3.63) is 10.1 Å². The van der Waals surface area contributed by atoms with E-state index in [9.17, 15) is 14.9 Å². The van der Waals surface area contributed by atoms with E-state index >= 15 is 0 Å². The lowest BCUT2D eigenvalue weighted by atomic mass is 10.1. The zero-order valence-electron chi connectivity index (χ0n) is 7.90. The molecule has 0 aliphatic carbocycles. The third-order valence-corrected chi connectivity index (χ3v) is 1.52. The second-order valence-electron chi connectivity index (χ2n) is 2.71. The fraction of sp³-hybridized carbons (Fsp3) is 0.667. The van der Waals surface area contributed by atoms with Crippen molar-refractivity contribution in [2.45, 2.75) is 18.9 Å². The van der Waals surface area contributed by atoms with E-state index in [4.69, 9.17) is 16.2 Å². The van der Waals surface area contributed by atoms with Gasteiger partial charge in [-0.05, 0) is 19.4 Å². The smallest absolute Gasteiger partial charge is 0.326 e. The fourth-order valence-corrected chi connectivity index (χ4v) is 0.877. The van der Waals surface area contributed by atoms with Crippen LogP contribution in [-0.4, -0.2) is 34.7 Å². The molecule has 0 aliphatic heterocycles. The van der Waals surface area contributed by atoms with Gasteiger partial charge in [0.05, 0.1) is 0 Å². The number of carboxylic acids is 1. The minimum atomic E-state index is -1.18. The molecule has 0 amide bonds. The zero-order chi connectivity index (χ0) is 11.8. The van der Waals surface area contributed by atoms with E-state index < -0.39 is 23.0 Å². The Labute approximate surface area is 85.3 Å². The van der Waals surface area contributed by atoms with Crippen molar-refractivity contribution < 1.29 is 14.9 Å². The maximum Gasteiger partial charge on any atom is 0.326 e. The van der Waals surface area contributed by atoms with Gasteiger partial charge in [-0.1, -0.05) is 5.43 Å². The van der Waals surface area contributed by atoms with Crippen LogP contribution in [0.1, 0.15) is 12.8 Å². The Bertz CT molecular complexity index is 256. The maximum atomic E-state index is 10.6. The molecule has 0 aliphatic rings. The van der Waals surface area contributed by atoms with Crippen molar-refractivity contribution >= 4 is 11.9 Å². The molecule has 0 heterocycles. The van der Waals surface area contributed by atoms with E-state index in [2.05, 4.69) is 5.32 Å². The Kier molecular flexibility index (Phi) is 5.71. The molecule has 0 unspecified atom stereocenters. The highest BCUT2D eigenvalue weighted by Crippen LogP contribution is 1.95. The molecule has 0 saturated heterocycles. The SMILES string of the molecule is N=C(N[C@@H](CCCN)C(=O)O)N[N+](=O)[O-]. The van der Waals surface area contributed by atoms with Gasteiger partial charge < -0.3 is 16.2 Å². The van der Waals surface area contributed by atoms with Gasteiger partial charge in [-0.3, -0.25) is 5.41 Å². The minimum Gasteiger partial charge on any atom is -0.480 e. The van der Waals surface area contributed by atoms with Crippen LogP contribution in [-0.2, 0) is 4.79 Å². The normalized spacial score (nSPS) is 11.5. The van der Waals surface area contributed by atoms with Gasteiger partial charge in [-0.25, -0.2) is 14.9 Å². The summed E-state index contributed by atoms with van der Waals surface area (Å²) in [7, 11) is 0. The number of hydrazine groups is 1. The molecule has 0 saturated carbocycles. The summed E-state index contributed by atoms with van der Waals surface area (Å²) in [5.41, 5.74) is 6.69. The number of nitro groups is 1. The quantitative estimate of drug-likeness (QED) is 0.157. The lowest BCUT2D eigenvalue weighted by molar-refractivity contribution is -0.525. The van der Waals surface area contributed by atoms with Crippen LogP contribution in [0, 0.1) is 15.5 Å². The van der Waals surface area contributed by atoms with Crippen molar-refractivity contribution in [2.75, 3.05) is 6.54 Å². The maximum absolute atomic E-state index is 10.6. The number of aliphatic carboxylic acids is 1. The molecule has 0 fully saturated rings. The monoisotopic (exact) mass is 219 g/mol. The highest BCUT2D eigenvalue weighted by Gasteiger charge is 2.18. The standard InChI is InChI=1S/C6H13N5O4/c7-3-1-2-4(5(12)13)9-6(8)10-11(14)15/h4H,1-3,7H2,(H,12,13)(H3,8,9,10)/t4-/m0/s1. The Morgan fingerprint density at radius 3 is 2.67 bits per heavy atom. The first-order chi connectivity index (χ1) is 6.97. The van der Waals surface area contributed by atoms with Crippen LogP contribution in [0.25, 0.3) is 0 Å². The van der Waals surface area contributed by atoms with E-state index in [1.54, 1.807) is 0 Å². The molecule has 0 aromatic heterocycles. The third kappa shape index (κ3) is 6.21. The summed E-state index contributed by atoms with van der Waals surface area (Å²) in [6, 6.07) is -1.05. The second kappa shape index (κ2) is 6.54. The number of hydrogen-bond acceptors (Lipinski definition) is 5. The molecule has 6 N–H and O–H groups in total. The summed E-state index contributed by atoms with van der Waals surface area (Å²) in [6.07, 6.45) is 0.656. The summed E-state index contributed by atoms with van der Waals surface area (Å²) in [5.74, 6) is -1.84. The summed E-state index contributed by atoms with van der Waals surface area (Å²) in [6.45, 7) is 0.321. The highest BCUT2D eigenvalue weighted by atomic mass is 16.7. The van der Waals surface area contributed by atoms with Crippen LogP contribution in [0.5, 0.6) is 0 Å². The number of nitrogens with two attached hydrogens (primary N) is 1. The first-order valence-electron chi connectivity index (χ1n) is 4.16. The molecule has 0 radical (unpaired) electrons. The van der Waals surface area contributed by atoms with E-state index in [1.165, 1.54) is 5.43 Å². The summed E-state index contributed by atoms with van der Waals surface area (Å²) in [4.78, 5) is 20.6. The van der Waals surface area contributed by atoms with Gasteiger partial charge in [0, 0.05) is 0 Å². The van der Waals surface area contributed by atoms with Crippen molar-refractivity contribution in [1.29, 1.82) is 5.41 Å². The predicted molar refractivity (Wildman–Crippen MR) is 50.7 cm³/mol. The number of nitrogens with zero attached hydrogens (tertiary/aromatic N) is 1. The van der Waals surface area contributed by atoms with Gasteiger partial charge in [-0.15, -0.1) is 0 Å². The molecule has 15 heavy (non-hydrogen) atoms. The molecule has 9 nitrogen and oxygen atoms in total. The van der Waals surface area contributed by atoms with Crippen LogP contribution in [0.15, 0.2) is 0 Å².